The zero-order valence-electron chi connectivity index (χ0n) is 15.0. The fourth-order valence-corrected chi connectivity index (χ4v) is 3.08. The summed E-state index contributed by atoms with van der Waals surface area (Å²) in [5, 5.41) is 8.77. The first-order chi connectivity index (χ1) is 13.0. The van der Waals surface area contributed by atoms with Gasteiger partial charge in [-0.25, -0.2) is 9.59 Å². The number of carbonyl (C=O) groups is 2. The van der Waals surface area contributed by atoms with Gasteiger partial charge >= 0.3 is 12.1 Å². The van der Waals surface area contributed by atoms with E-state index in [1.165, 1.54) is 4.90 Å². The SMILES string of the molecule is COc1cnccc1C(C)NC(=O)Nc1ccc(Cl)c(N2CCNC2=O)c1. The molecule has 1 aliphatic heterocycles. The van der Waals surface area contributed by atoms with Crippen molar-refractivity contribution in [3.8, 4) is 5.75 Å². The summed E-state index contributed by atoms with van der Waals surface area (Å²) in [6.45, 7) is 2.92. The van der Waals surface area contributed by atoms with Crippen molar-refractivity contribution in [2.75, 3.05) is 30.4 Å². The van der Waals surface area contributed by atoms with Crippen LogP contribution in [0.15, 0.2) is 36.7 Å². The largest absolute Gasteiger partial charge is 0.495 e. The second kappa shape index (κ2) is 8.13. The minimum absolute atomic E-state index is 0.211. The zero-order chi connectivity index (χ0) is 19.4. The van der Waals surface area contributed by atoms with E-state index in [4.69, 9.17) is 16.3 Å². The number of carbonyl (C=O) groups excluding carboxylic acids is 2. The van der Waals surface area contributed by atoms with Gasteiger partial charge in [0.15, 0.2) is 0 Å². The van der Waals surface area contributed by atoms with Crippen molar-refractivity contribution in [3.63, 3.8) is 0 Å². The maximum atomic E-state index is 12.4. The maximum Gasteiger partial charge on any atom is 0.322 e. The summed E-state index contributed by atoms with van der Waals surface area (Å²) in [6.07, 6.45) is 3.23. The molecule has 3 rings (SSSR count). The molecule has 1 aromatic carbocycles. The number of anilines is 2. The first kappa shape index (κ1) is 18.8. The smallest absolute Gasteiger partial charge is 0.322 e. The fraction of sp³-hybridized carbons (Fsp3) is 0.278. The Morgan fingerprint density at radius 2 is 2.22 bits per heavy atom. The van der Waals surface area contributed by atoms with Gasteiger partial charge in [-0.15, -0.1) is 0 Å². The first-order valence-corrected chi connectivity index (χ1v) is 8.77. The minimum Gasteiger partial charge on any atom is -0.495 e. The first-order valence-electron chi connectivity index (χ1n) is 8.40. The summed E-state index contributed by atoms with van der Waals surface area (Å²) < 4.78 is 5.27. The van der Waals surface area contributed by atoms with Gasteiger partial charge in [-0.3, -0.25) is 9.88 Å². The number of pyridine rings is 1. The molecule has 142 valence electrons. The molecule has 1 unspecified atom stereocenters. The highest BCUT2D eigenvalue weighted by atomic mass is 35.5. The van der Waals surface area contributed by atoms with E-state index in [-0.39, 0.29) is 18.1 Å². The Bertz CT molecular complexity index is 861. The Morgan fingerprint density at radius 3 is 2.93 bits per heavy atom. The van der Waals surface area contributed by atoms with E-state index in [9.17, 15) is 9.59 Å². The predicted molar refractivity (Wildman–Crippen MR) is 104 cm³/mol. The molecule has 1 atom stereocenters. The molecule has 0 bridgehead atoms. The standard InChI is InChI=1S/C18H20ClN5O3/c1-11(13-5-6-20-10-16(13)27-2)22-17(25)23-12-3-4-14(19)15(9-12)24-8-7-21-18(24)26/h3-6,9-11H,7-8H2,1-2H3,(H,21,26)(H2,22,23,25). The van der Waals surface area contributed by atoms with Crippen molar-refractivity contribution in [2.24, 2.45) is 0 Å². The molecule has 4 amide bonds. The number of aromatic nitrogens is 1. The van der Waals surface area contributed by atoms with Crippen LogP contribution in [-0.2, 0) is 0 Å². The predicted octanol–water partition coefficient (Wildman–Crippen LogP) is 3.16. The summed E-state index contributed by atoms with van der Waals surface area (Å²) in [5.74, 6) is 0.596. The van der Waals surface area contributed by atoms with Gasteiger partial charge in [-0.2, -0.15) is 0 Å². The molecule has 2 heterocycles. The molecule has 1 aliphatic rings. The normalized spacial score (nSPS) is 14.5. The summed E-state index contributed by atoms with van der Waals surface area (Å²) in [6, 6.07) is 5.89. The van der Waals surface area contributed by atoms with E-state index >= 15 is 0 Å². The molecule has 0 saturated carbocycles. The van der Waals surface area contributed by atoms with Gasteiger partial charge in [0.05, 0.1) is 30.1 Å². The number of hydrogen-bond acceptors (Lipinski definition) is 4. The van der Waals surface area contributed by atoms with Crippen LogP contribution in [0.25, 0.3) is 0 Å². The van der Waals surface area contributed by atoms with Gasteiger partial charge in [0.1, 0.15) is 5.75 Å². The summed E-state index contributed by atoms with van der Waals surface area (Å²) in [7, 11) is 1.55. The van der Waals surface area contributed by atoms with Crippen LogP contribution in [0.1, 0.15) is 18.5 Å². The monoisotopic (exact) mass is 389 g/mol. The fourth-order valence-electron chi connectivity index (χ4n) is 2.86. The number of halogens is 1. The summed E-state index contributed by atoms with van der Waals surface area (Å²) in [5.41, 5.74) is 1.89. The van der Waals surface area contributed by atoms with Gasteiger partial charge in [0.25, 0.3) is 0 Å². The summed E-state index contributed by atoms with van der Waals surface area (Å²) in [4.78, 5) is 29.8. The second-order valence-corrected chi connectivity index (χ2v) is 6.39. The number of ether oxygens (including phenoxy) is 1. The molecule has 27 heavy (non-hydrogen) atoms. The Hall–Kier alpha value is -3.00. The number of rotatable bonds is 5. The van der Waals surface area contributed by atoms with Crippen molar-refractivity contribution in [1.82, 2.24) is 15.6 Å². The van der Waals surface area contributed by atoms with E-state index in [0.717, 1.165) is 5.56 Å². The summed E-state index contributed by atoms with van der Waals surface area (Å²) >= 11 is 6.21. The minimum atomic E-state index is -0.388. The molecular formula is C18H20ClN5O3. The number of nitrogens with one attached hydrogen (secondary N) is 3. The van der Waals surface area contributed by atoms with Crippen molar-refractivity contribution in [3.05, 3.63) is 47.2 Å². The van der Waals surface area contributed by atoms with E-state index in [1.807, 2.05) is 6.92 Å². The molecule has 0 radical (unpaired) electrons. The van der Waals surface area contributed by atoms with Gasteiger partial charge in [-0.1, -0.05) is 11.6 Å². The highest BCUT2D eigenvalue weighted by Crippen LogP contribution is 2.30. The lowest BCUT2D eigenvalue weighted by molar-refractivity contribution is 0.249. The Balaban J connectivity index is 1.70. The van der Waals surface area contributed by atoms with Crippen molar-refractivity contribution >= 4 is 35.0 Å². The van der Waals surface area contributed by atoms with Crippen LogP contribution in [0.3, 0.4) is 0 Å². The molecular weight excluding hydrogens is 370 g/mol. The Labute approximate surface area is 161 Å². The van der Waals surface area contributed by atoms with Gasteiger partial charge < -0.3 is 20.7 Å². The van der Waals surface area contributed by atoms with Gasteiger partial charge in [0, 0.05) is 30.5 Å². The molecule has 0 spiro atoms. The average molecular weight is 390 g/mol. The van der Waals surface area contributed by atoms with E-state index in [1.54, 1.807) is 43.8 Å². The van der Waals surface area contributed by atoms with Crippen molar-refractivity contribution in [2.45, 2.75) is 13.0 Å². The molecule has 2 aromatic rings. The number of hydrogen-bond donors (Lipinski definition) is 3. The number of benzene rings is 1. The lowest BCUT2D eigenvalue weighted by Crippen LogP contribution is -2.31. The average Bonchev–Trinajstić information content (AvgIpc) is 3.08. The Kier molecular flexibility index (Phi) is 5.66. The molecule has 1 aromatic heterocycles. The highest BCUT2D eigenvalue weighted by Gasteiger charge is 2.23. The van der Waals surface area contributed by atoms with Crippen LogP contribution >= 0.6 is 11.6 Å². The molecule has 0 aliphatic carbocycles. The second-order valence-electron chi connectivity index (χ2n) is 5.99. The number of amides is 4. The maximum absolute atomic E-state index is 12.4. The topological polar surface area (TPSA) is 95.6 Å². The van der Waals surface area contributed by atoms with Crippen molar-refractivity contribution < 1.29 is 14.3 Å². The van der Waals surface area contributed by atoms with Crippen LogP contribution in [0.2, 0.25) is 5.02 Å². The van der Waals surface area contributed by atoms with E-state index in [0.29, 0.717) is 35.2 Å². The van der Waals surface area contributed by atoms with Crippen LogP contribution in [0, 0.1) is 0 Å². The van der Waals surface area contributed by atoms with E-state index in [2.05, 4.69) is 20.9 Å². The van der Waals surface area contributed by atoms with Crippen molar-refractivity contribution in [1.29, 1.82) is 0 Å². The third-order valence-corrected chi connectivity index (χ3v) is 4.52. The molecule has 8 nitrogen and oxygen atoms in total. The molecule has 3 N–H and O–H groups in total. The highest BCUT2D eigenvalue weighted by molar-refractivity contribution is 6.34. The van der Waals surface area contributed by atoms with Crippen LogP contribution < -0.4 is 25.6 Å². The molecule has 9 heteroatoms. The van der Waals surface area contributed by atoms with E-state index < -0.39 is 0 Å². The number of urea groups is 2. The molecule has 1 fully saturated rings. The number of methoxy groups -OCH3 is 1. The zero-order valence-corrected chi connectivity index (χ0v) is 15.7. The molecule has 1 saturated heterocycles. The Morgan fingerprint density at radius 1 is 1.41 bits per heavy atom. The van der Waals surface area contributed by atoms with Gasteiger partial charge in [0.2, 0.25) is 0 Å². The lowest BCUT2D eigenvalue weighted by Gasteiger charge is -2.19. The lowest BCUT2D eigenvalue weighted by atomic mass is 10.1. The van der Waals surface area contributed by atoms with Crippen LogP contribution in [0.4, 0.5) is 21.0 Å². The van der Waals surface area contributed by atoms with Crippen LogP contribution in [-0.4, -0.2) is 37.2 Å². The van der Waals surface area contributed by atoms with Gasteiger partial charge in [-0.05, 0) is 31.2 Å². The third kappa shape index (κ3) is 4.22. The van der Waals surface area contributed by atoms with Crippen LogP contribution in [0.5, 0.6) is 5.75 Å². The third-order valence-electron chi connectivity index (χ3n) is 4.20. The number of nitrogens with zero attached hydrogens (tertiary/aromatic N) is 2. The quantitative estimate of drug-likeness (QED) is 0.731.